The van der Waals surface area contributed by atoms with Gasteiger partial charge in [-0.1, -0.05) is 18.2 Å². The first-order valence-electron chi connectivity index (χ1n) is 8.42. The predicted octanol–water partition coefficient (Wildman–Crippen LogP) is 3.38. The van der Waals surface area contributed by atoms with Gasteiger partial charge >= 0.3 is 0 Å². The number of hydrogen-bond acceptors (Lipinski definition) is 4. The molecule has 0 radical (unpaired) electrons. The van der Waals surface area contributed by atoms with Crippen LogP contribution in [0.3, 0.4) is 0 Å². The van der Waals surface area contributed by atoms with Crippen LogP contribution >= 0.6 is 0 Å². The van der Waals surface area contributed by atoms with Crippen LogP contribution in [-0.4, -0.2) is 38.3 Å². The monoisotopic (exact) mass is 360 g/mol. The van der Waals surface area contributed by atoms with Crippen molar-refractivity contribution >= 4 is 21.6 Å². The van der Waals surface area contributed by atoms with Crippen molar-refractivity contribution < 1.29 is 13.2 Å². The summed E-state index contributed by atoms with van der Waals surface area (Å²) in [6, 6.07) is 15.1. The minimum Gasteiger partial charge on any atom is -0.372 e. The average Bonchev–Trinajstić information content (AvgIpc) is 2.64. The van der Waals surface area contributed by atoms with Gasteiger partial charge in [0.25, 0.3) is 15.9 Å². The minimum absolute atomic E-state index is 0.0772. The maximum absolute atomic E-state index is 12.9. The number of anilines is 1. The molecule has 0 bridgehead atoms. The molecule has 134 valence electrons. The van der Waals surface area contributed by atoms with Gasteiger partial charge in [0.1, 0.15) is 0 Å². The first-order valence-corrected chi connectivity index (χ1v) is 9.86. The second kappa shape index (κ2) is 8.16. The fourth-order valence-electron chi connectivity index (χ4n) is 2.69. The first kappa shape index (κ1) is 19.0. The van der Waals surface area contributed by atoms with Gasteiger partial charge in [0, 0.05) is 30.9 Å². The van der Waals surface area contributed by atoms with Gasteiger partial charge in [0.15, 0.2) is 0 Å². The summed E-state index contributed by atoms with van der Waals surface area (Å²) >= 11 is 0. The zero-order chi connectivity index (χ0) is 18.4. The molecule has 6 heteroatoms. The number of sulfonamides is 1. The molecule has 0 N–H and O–H groups in total. The van der Waals surface area contributed by atoms with Crippen LogP contribution in [0.4, 0.5) is 5.69 Å². The van der Waals surface area contributed by atoms with Crippen LogP contribution in [0.5, 0.6) is 0 Å². The van der Waals surface area contributed by atoms with E-state index in [1.54, 1.807) is 61.5 Å². The molecule has 0 unspecified atom stereocenters. The highest BCUT2D eigenvalue weighted by Crippen LogP contribution is 2.22. The molecular formula is C19H24N2O3S. The summed E-state index contributed by atoms with van der Waals surface area (Å²) in [5.74, 6) is -0.518. The largest absolute Gasteiger partial charge is 0.372 e. The van der Waals surface area contributed by atoms with E-state index in [-0.39, 0.29) is 11.4 Å². The lowest BCUT2D eigenvalue weighted by molar-refractivity contribution is 0.0866. The van der Waals surface area contributed by atoms with Crippen LogP contribution in [0.1, 0.15) is 31.1 Å². The Morgan fingerprint density at radius 3 is 1.88 bits per heavy atom. The van der Waals surface area contributed by atoms with Crippen LogP contribution in [0, 0.1) is 0 Å². The number of benzene rings is 2. The molecule has 2 rings (SSSR count). The summed E-state index contributed by atoms with van der Waals surface area (Å²) in [4.78, 5) is 14.9. The number of carbonyl (C=O) groups excluding carboxylic acids is 1. The van der Waals surface area contributed by atoms with Crippen LogP contribution in [-0.2, 0) is 10.0 Å². The summed E-state index contributed by atoms with van der Waals surface area (Å²) in [6.45, 7) is 7.51. The Kier molecular flexibility index (Phi) is 6.20. The lowest BCUT2D eigenvalue weighted by atomic mass is 10.2. The van der Waals surface area contributed by atoms with E-state index in [2.05, 4.69) is 4.90 Å². The number of amides is 1. The Balaban J connectivity index is 2.34. The molecular weight excluding hydrogens is 336 g/mol. The molecule has 0 spiro atoms. The van der Waals surface area contributed by atoms with E-state index in [0.29, 0.717) is 5.56 Å². The van der Waals surface area contributed by atoms with Crippen molar-refractivity contribution in [2.45, 2.75) is 25.7 Å². The van der Waals surface area contributed by atoms with E-state index in [0.717, 1.165) is 23.1 Å². The van der Waals surface area contributed by atoms with Gasteiger partial charge in [-0.15, -0.1) is 0 Å². The quantitative estimate of drug-likeness (QED) is 0.759. The highest BCUT2D eigenvalue weighted by molar-refractivity contribution is 7.89. The molecule has 25 heavy (non-hydrogen) atoms. The van der Waals surface area contributed by atoms with Gasteiger partial charge in [0.2, 0.25) is 0 Å². The van der Waals surface area contributed by atoms with E-state index in [9.17, 15) is 13.2 Å². The standard InChI is InChI=1S/C19H24N2O3S/c1-4-20(5-2)17-12-14-18(15-13-17)25(23,24)21(6-3)19(22)16-10-8-7-9-11-16/h7-15H,4-6H2,1-3H3. The zero-order valence-corrected chi connectivity index (χ0v) is 15.7. The summed E-state index contributed by atoms with van der Waals surface area (Å²) in [6.07, 6.45) is 0. The van der Waals surface area contributed by atoms with E-state index in [4.69, 9.17) is 0 Å². The SMILES string of the molecule is CCN(CC)c1ccc(S(=O)(=O)N(CC)C(=O)c2ccccc2)cc1. The molecule has 2 aromatic rings. The number of carbonyl (C=O) groups is 1. The van der Waals surface area contributed by atoms with Gasteiger partial charge in [-0.05, 0) is 57.2 Å². The summed E-state index contributed by atoms with van der Waals surface area (Å²) < 4.78 is 26.7. The van der Waals surface area contributed by atoms with Crippen molar-refractivity contribution in [1.29, 1.82) is 0 Å². The molecule has 0 saturated heterocycles. The second-order valence-corrected chi connectivity index (χ2v) is 7.37. The normalized spacial score (nSPS) is 11.2. The summed E-state index contributed by atoms with van der Waals surface area (Å²) in [5.41, 5.74) is 1.31. The van der Waals surface area contributed by atoms with Gasteiger partial charge in [-0.3, -0.25) is 4.79 Å². The molecule has 5 nitrogen and oxygen atoms in total. The van der Waals surface area contributed by atoms with Crippen LogP contribution < -0.4 is 4.90 Å². The fraction of sp³-hybridized carbons (Fsp3) is 0.316. The fourth-order valence-corrected chi connectivity index (χ4v) is 4.09. The van der Waals surface area contributed by atoms with Gasteiger partial charge in [-0.2, -0.15) is 0 Å². The Morgan fingerprint density at radius 2 is 1.40 bits per heavy atom. The lowest BCUT2D eigenvalue weighted by Gasteiger charge is -2.23. The minimum atomic E-state index is -3.89. The molecule has 0 aliphatic rings. The molecule has 0 heterocycles. The van der Waals surface area contributed by atoms with E-state index < -0.39 is 15.9 Å². The number of rotatable bonds is 7. The smallest absolute Gasteiger partial charge is 0.267 e. The van der Waals surface area contributed by atoms with Gasteiger partial charge in [0.05, 0.1) is 4.90 Å². The predicted molar refractivity (Wildman–Crippen MR) is 100 cm³/mol. The number of hydrogen-bond donors (Lipinski definition) is 0. The van der Waals surface area contributed by atoms with Crippen molar-refractivity contribution in [2.24, 2.45) is 0 Å². The van der Waals surface area contributed by atoms with Crippen molar-refractivity contribution in [1.82, 2.24) is 4.31 Å². The first-order chi connectivity index (χ1) is 12.0. The van der Waals surface area contributed by atoms with Gasteiger partial charge in [-0.25, -0.2) is 12.7 Å². The third-order valence-electron chi connectivity index (χ3n) is 4.09. The van der Waals surface area contributed by atoms with Crippen molar-refractivity contribution in [3.05, 3.63) is 60.2 Å². The van der Waals surface area contributed by atoms with E-state index in [1.165, 1.54) is 0 Å². The van der Waals surface area contributed by atoms with Crippen LogP contribution in [0.25, 0.3) is 0 Å². The highest BCUT2D eigenvalue weighted by Gasteiger charge is 2.28. The van der Waals surface area contributed by atoms with Crippen molar-refractivity contribution in [3.8, 4) is 0 Å². The molecule has 1 amide bonds. The third-order valence-corrected chi connectivity index (χ3v) is 5.96. The summed E-state index contributed by atoms with van der Waals surface area (Å²) in [5, 5.41) is 0. The second-order valence-electron chi connectivity index (χ2n) is 5.51. The van der Waals surface area contributed by atoms with Crippen molar-refractivity contribution in [2.75, 3.05) is 24.5 Å². The lowest BCUT2D eigenvalue weighted by Crippen LogP contribution is -2.36. The van der Waals surface area contributed by atoms with Crippen LogP contribution in [0.15, 0.2) is 59.5 Å². The molecule has 2 aromatic carbocycles. The van der Waals surface area contributed by atoms with E-state index >= 15 is 0 Å². The third kappa shape index (κ3) is 4.02. The van der Waals surface area contributed by atoms with Gasteiger partial charge < -0.3 is 4.90 Å². The molecule has 0 aliphatic heterocycles. The summed E-state index contributed by atoms with van der Waals surface area (Å²) in [7, 11) is -3.89. The highest BCUT2D eigenvalue weighted by atomic mass is 32.2. The Hall–Kier alpha value is -2.34. The Morgan fingerprint density at radius 1 is 0.840 bits per heavy atom. The van der Waals surface area contributed by atoms with Crippen LogP contribution in [0.2, 0.25) is 0 Å². The molecule has 0 aliphatic carbocycles. The molecule has 0 aromatic heterocycles. The Bertz CT molecular complexity index is 798. The maximum atomic E-state index is 12.9. The topological polar surface area (TPSA) is 57.7 Å². The maximum Gasteiger partial charge on any atom is 0.267 e. The molecule has 0 atom stereocenters. The number of nitrogens with zero attached hydrogens (tertiary/aromatic N) is 2. The van der Waals surface area contributed by atoms with E-state index in [1.807, 2.05) is 13.8 Å². The van der Waals surface area contributed by atoms with Crippen molar-refractivity contribution in [3.63, 3.8) is 0 Å². The molecule has 0 saturated carbocycles. The zero-order valence-electron chi connectivity index (χ0n) is 14.8. The Labute approximate surface area is 149 Å². The molecule has 0 fully saturated rings. The average molecular weight is 360 g/mol.